The lowest BCUT2D eigenvalue weighted by Gasteiger charge is -2.20. The molecule has 1 aromatic heterocycles. The van der Waals surface area contributed by atoms with Gasteiger partial charge in [-0.3, -0.25) is 4.68 Å². The number of benzene rings is 1. The maximum atomic E-state index is 10.2. The molecular formula is C17H25N3O. The quantitative estimate of drug-likeness (QED) is 0.888. The van der Waals surface area contributed by atoms with E-state index in [0.717, 1.165) is 11.1 Å². The minimum atomic E-state index is -0.490. The Kier molecular flexibility index (Phi) is 4.80. The number of hydrogen-bond donors (Lipinski definition) is 2. The first-order chi connectivity index (χ1) is 9.86. The first-order valence-corrected chi connectivity index (χ1v) is 7.33. The normalized spacial score (nSPS) is 13.4. The second-order valence-electron chi connectivity index (χ2n) is 6.54. The Bertz CT molecular complexity index is 566. The van der Waals surface area contributed by atoms with Gasteiger partial charge >= 0.3 is 0 Å². The predicted octanol–water partition coefficient (Wildman–Crippen LogP) is 2.54. The highest BCUT2D eigenvalue weighted by Crippen LogP contribution is 2.23. The van der Waals surface area contributed by atoms with Crippen molar-refractivity contribution in [3.8, 4) is 0 Å². The molecule has 1 heterocycles. The van der Waals surface area contributed by atoms with E-state index in [2.05, 4.69) is 43.3 Å². The molecule has 1 aromatic carbocycles. The van der Waals surface area contributed by atoms with Crippen molar-refractivity contribution < 1.29 is 5.11 Å². The van der Waals surface area contributed by atoms with Crippen molar-refractivity contribution in [1.29, 1.82) is 0 Å². The molecule has 0 radical (unpaired) electrons. The van der Waals surface area contributed by atoms with Gasteiger partial charge in [0.15, 0.2) is 0 Å². The van der Waals surface area contributed by atoms with Crippen LogP contribution in [0.15, 0.2) is 36.7 Å². The SMILES string of the molecule is Cn1cc(CNCC(O)c2ccc(C(C)(C)C)cc2)cn1. The molecule has 0 spiro atoms. The molecular weight excluding hydrogens is 262 g/mol. The Labute approximate surface area is 126 Å². The molecule has 0 aliphatic rings. The molecule has 4 nitrogen and oxygen atoms in total. The smallest absolute Gasteiger partial charge is 0.0914 e. The van der Waals surface area contributed by atoms with E-state index in [1.165, 1.54) is 5.56 Å². The van der Waals surface area contributed by atoms with Crippen LogP contribution in [0, 0.1) is 0 Å². The van der Waals surface area contributed by atoms with Crippen molar-refractivity contribution in [2.75, 3.05) is 6.54 Å². The van der Waals surface area contributed by atoms with Crippen LogP contribution in [0.25, 0.3) is 0 Å². The summed E-state index contributed by atoms with van der Waals surface area (Å²) < 4.78 is 1.78. The summed E-state index contributed by atoms with van der Waals surface area (Å²) in [5.74, 6) is 0. The Morgan fingerprint density at radius 1 is 1.24 bits per heavy atom. The number of nitrogens with one attached hydrogen (secondary N) is 1. The van der Waals surface area contributed by atoms with Gasteiger partial charge in [0.05, 0.1) is 12.3 Å². The zero-order valence-electron chi connectivity index (χ0n) is 13.3. The molecule has 21 heavy (non-hydrogen) atoms. The summed E-state index contributed by atoms with van der Waals surface area (Å²) >= 11 is 0. The zero-order chi connectivity index (χ0) is 15.5. The highest BCUT2D eigenvalue weighted by molar-refractivity contribution is 5.28. The molecule has 0 aliphatic carbocycles. The van der Waals surface area contributed by atoms with Crippen molar-refractivity contribution in [2.45, 2.75) is 38.8 Å². The van der Waals surface area contributed by atoms with Crippen LogP contribution in [-0.2, 0) is 19.0 Å². The first kappa shape index (κ1) is 15.7. The van der Waals surface area contributed by atoms with Crippen LogP contribution in [0.5, 0.6) is 0 Å². The van der Waals surface area contributed by atoms with Gasteiger partial charge in [-0.15, -0.1) is 0 Å². The number of aliphatic hydroxyl groups excluding tert-OH is 1. The summed E-state index contributed by atoms with van der Waals surface area (Å²) in [5, 5.41) is 17.6. The van der Waals surface area contributed by atoms with E-state index < -0.39 is 6.10 Å². The van der Waals surface area contributed by atoms with Gasteiger partial charge in [-0.25, -0.2) is 0 Å². The number of aromatic nitrogens is 2. The fourth-order valence-electron chi connectivity index (χ4n) is 2.24. The monoisotopic (exact) mass is 287 g/mol. The molecule has 114 valence electrons. The molecule has 0 amide bonds. The summed E-state index contributed by atoms with van der Waals surface area (Å²) in [6.07, 6.45) is 3.31. The number of rotatable bonds is 5. The summed E-state index contributed by atoms with van der Waals surface area (Å²) in [4.78, 5) is 0. The Morgan fingerprint density at radius 2 is 1.90 bits per heavy atom. The summed E-state index contributed by atoms with van der Waals surface area (Å²) in [6, 6.07) is 8.22. The van der Waals surface area contributed by atoms with Gasteiger partial charge in [-0.1, -0.05) is 45.0 Å². The lowest BCUT2D eigenvalue weighted by atomic mass is 9.86. The fraction of sp³-hybridized carbons (Fsp3) is 0.471. The molecule has 0 saturated heterocycles. The van der Waals surface area contributed by atoms with Crippen LogP contribution in [-0.4, -0.2) is 21.4 Å². The first-order valence-electron chi connectivity index (χ1n) is 7.33. The van der Waals surface area contributed by atoms with Gasteiger partial charge in [-0.05, 0) is 16.5 Å². The van der Waals surface area contributed by atoms with E-state index in [1.807, 2.05) is 31.6 Å². The highest BCUT2D eigenvalue weighted by Gasteiger charge is 2.14. The van der Waals surface area contributed by atoms with Gasteiger partial charge in [0.1, 0.15) is 0 Å². The van der Waals surface area contributed by atoms with E-state index >= 15 is 0 Å². The third-order valence-corrected chi connectivity index (χ3v) is 3.59. The largest absolute Gasteiger partial charge is 0.387 e. The predicted molar refractivity (Wildman–Crippen MR) is 85.0 cm³/mol. The average Bonchev–Trinajstić information content (AvgIpc) is 2.83. The van der Waals surface area contributed by atoms with Crippen LogP contribution >= 0.6 is 0 Å². The van der Waals surface area contributed by atoms with Crippen LogP contribution in [0.4, 0.5) is 0 Å². The van der Waals surface area contributed by atoms with Crippen LogP contribution in [0.1, 0.15) is 43.6 Å². The maximum absolute atomic E-state index is 10.2. The summed E-state index contributed by atoms with van der Waals surface area (Å²) in [7, 11) is 1.90. The van der Waals surface area contributed by atoms with Gasteiger partial charge in [0, 0.05) is 31.9 Å². The van der Waals surface area contributed by atoms with Gasteiger partial charge in [0.2, 0.25) is 0 Å². The molecule has 2 aromatic rings. The van der Waals surface area contributed by atoms with Crippen LogP contribution in [0.2, 0.25) is 0 Å². The third-order valence-electron chi connectivity index (χ3n) is 3.59. The molecule has 0 bridgehead atoms. The molecule has 0 fully saturated rings. The average molecular weight is 287 g/mol. The standard InChI is InChI=1S/C17H25N3O/c1-17(2,3)15-7-5-14(6-8-15)16(21)11-18-9-13-10-19-20(4)12-13/h5-8,10,12,16,18,21H,9,11H2,1-4H3. The lowest BCUT2D eigenvalue weighted by molar-refractivity contribution is 0.174. The van der Waals surface area contributed by atoms with Crippen LogP contribution in [0.3, 0.4) is 0 Å². The maximum Gasteiger partial charge on any atom is 0.0914 e. The Morgan fingerprint density at radius 3 is 2.43 bits per heavy atom. The van der Waals surface area contributed by atoms with Gasteiger partial charge in [-0.2, -0.15) is 5.10 Å². The lowest BCUT2D eigenvalue weighted by Crippen LogP contribution is -2.21. The van der Waals surface area contributed by atoms with E-state index in [1.54, 1.807) is 4.68 Å². The molecule has 0 saturated carbocycles. The van der Waals surface area contributed by atoms with Crippen molar-refractivity contribution in [1.82, 2.24) is 15.1 Å². The summed E-state index contributed by atoms with van der Waals surface area (Å²) in [5.41, 5.74) is 3.48. The van der Waals surface area contributed by atoms with Crippen LogP contribution < -0.4 is 5.32 Å². The van der Waals surface area contributed by atoms with Crippen molar-refractivity contribution in [3.05, 3.63) is 53.3 Å². The number of aliphatic hydroxyl groups is 1. The fourth-order valence-corrected chi connectivity index (χ4v) is 2.24. The van der Waals surface area contributed by atoms with Crippen molar-refractivity contribution >= 4 is 0 Å². The topological polar surface area (TPSA) is 50.1 Å². The molecule has 4 heteroatoms. The molecule has 2 rings (SSSR count). The third kappa shape index (κ3) is 4.41. The number of hydrogen-bond acceptors (Lipinski definition) is 3. The van der Waals surface area contributed by atoms with Crippen molar-refractivity contribution in [2.24, 2.45) is 7.05 Å². The molecule has 0 aliphatic heterocycles. The number of aryl methyl sites for hydroxylation is 1. The zero-order valence-corrected chi connectivity index (χ0v) is 13.3. The van der Waals surface area contributed by atoms with E-state index in [9.17, 15) is 5.11 Å². The van der Waals surface area contributed by atoms with Crippen molar-refractivity contribution in [3.63, 3.8) is 0 Å². The molecule has 1 atom stereocenters. The highest BCUT2D eigenvalue weighted by atomic mass is 16.3. The Balaban J connectivity index is 1.87. The van der Waals surface area contributed by atoms with Gasteiger partial charge < -0.3 is 10.4 Å². The second kappa shape index (κ2) is 6.41. The summed E-state index contributed by atoms with van der Waals surface area (Å²) in [6.45, 7) is 7.81. The van der Waals surface area contributed by atoms with E-state index in [-0.39, 0.29) is 5.41 Å². The minimum absolute atomic E-state index is 0.141. The number of nitrogens with zero attached hydrogens (tertiary/aromatic N) is 2. The van der Waals surface area contributed by atoms with Gasteiger partial charge in [0.25, 0.3) is 0 Å². The van der Waals surface area contributed by atoms with E-state index in [0.29, 0.717) is 13.1 Å². The minimum Gasteiger partial charge on any atom is -0.387 e. The Hall–Kier alpha value is -1.65. The second-order valence-corrected chi connectivity index (χ2v) is 6.54. The molecule has 2 N–H and O–H groups in total. The molecule has 1 unspecified atom stereocenters. The van der Waals surface area contributed by atoms with E-state index in [4.69, 9.17) is 0 Å².